The minimum absolute atomic E-state index is 0.0385. The minimum atomic E-state index is -0.299. The molecule has 3 heterocycles. The van der Waals surface area contributed by atoms with Crippen LogP contribution in [0, 0.1) is 0 Å². The summed E-state index contributed by atoms with van der Waals surface area (Å²) in [6.07, 6.45) is 3.38. The maximum atomic E-state index is 13.1. The Kier molecular flexibility index (Phi) is 5.58. The van der Waals surface area contributed by atoms with Crippen molar-refractivity contribution in [3.8, 4) is 11.1 Å². The summed E-state index contributed by atoms with van der Waals surface area (Å²) >= 11 is 0. The molecule has 166 valence electrons. The Hall–Kier alpha value is -4.04. The maximum Gasteiger partial charge on any atom is 0.274 e. The number of rotatable bonds is 5. The molecule has 0 saturated carbocycles. The van der Waals surface area contributed by atoms with Crippen LogP contribution in [0.15, 0.2) is 67.0 Å². The van der Waals surface area contributed by atoms with E-state index in [-0.39, 0.29) is 17.4 Å². The number of ketones is 1. The lowest BCUT2D eigenvalue weighted by Crippen LogP contribution is -2.43. The number of carbonyl (C=O) groups excluding carboxylic acids is 2. The topological polar surface area (TPSA) is 91.6 Å². The molecular formula is C25H24N6O2. The molecule has 2 aromatic carbocycles. The molecule has 1 aliphatic rings. The SMILES string of the molecule is CC(=O)c1ccccc1-c1cnn2ccc(C(=O)Nc3ccccc3N3CCNCC3)nc12. The Morgan fingerprint density at radius 2 is 1.73 bits per heavy atom. The number of para-hydroxylation sites is 2. The molecule has 0 aliphatic carbocycles. The average Bonchev–Trinajstić information content (AvgIpc) is 3.28. The van der Waals surface area contributed by atoms with Gasteiger partial charge in [-0.05, 0) is 30.7 Å². The molecule has 1 saturated heterocycles. The van der Waals surface area contributed by atoms with Crippen molar-refractivity contribution in [2.24, 2.45) is 0 Å². The van der Waals surface area contributed by atoms with Crippen LogP contribution < -0.4 is 15.5 Å². The number of aromatic nitrogens is 3. The van der Waals surface area contributed by atoms with Crippen LogP contribution in [-0.2, 0) is 0 Å². The number of hydrogen-bond donors (Lipinski definition) is 2. The molecule has 2 aromatic heterocycles. The Morgan fingerprint density at radius 1 is 0.970 bits per heavy atom. The molecule has 8 heteroatoms. The van der Waals surface area contributed by atoms with E-state index >= 15 is 0 Å². The average molecular weight is 441 g/mol. The first-order valence-electron chi connectivity index (χ1n) is 10.9. The van der Waals surface area contributed by atoms with Crippen LogP contribution in [-0.4, -0.2) is 52.5 Å². The second kappa shape index (κ2) is 8.84. The fourth-order valence-electron chi connectivity index (χ4n) is 4.16. The number of Topliss-reactive ketones (excluding diaryl/α,β-unsaturated/α-hetero) is 1. The molecule has 0 atom stereocenters. The van der Waals surface area contributed by atoms with Gasteiger partial charge in [0.2, 0.25) is 0 Å². The largest absolute Gasteiger partial charge is 0.367 e. The van der Waals surface area contributed by atoms with Gasteiger partial charge in [0.05, 0.1) is 17.6 Å². The molecule has 1 fully saturated rings. The van der Waals surface area contributed by atoms with Gasteiger partial charge in [-0.2, -0.15) is 5.10 Å². The lowest BCUT2D eigenvalue weighted by Gasteiger charge is -2.31. The number of carbonyl (C=O) groups is 2. The van der Waals surface area contributed by atoms with Crippen molar-refractivity contribution in [3.63, 3.8) is 0 Å². The van der Waals surface area contributed by atoms with Crippen LogP contribution in [0.3, 0.4) is 0 Å². The highest BCUT2D eigenvalue weighted by atomic mass is 16.2. The fourth-order valence-corrected chi connectivity index (χ4v) is 4.16. The summed E-state index contributed by atoms with van der Waals surface area (Å²) in [5.41, 5.74) is 4.58. The van der Waals surface area contributed by atoms with Crippen LogP contribution >= 0.6 is 0 Å². The Balaban J connectivity index is 1.48. The number of hydrogen-bond acceptors (Lipinski definition) is 6. The molecule has 5 rings (SSSR count). The van der Waals surface area contributed by atoms with Crippen molar-refractivity contribution in [3.05, 3.63) is 78.2 Å². The number of anilines is 2. The van der Waals surface area contributed by atoms with Gasteiger partial charge in [0, 0.05) is 43.5 Å². The number of amides is 1. The smallest absolute Gasteiger partial charge is 0.274 e. The lowest BCUT2D eigenvalue weighted by atomic mass is 9.99. The maximum absolute atomic E-state index is 13.1. The van der Waals surface area contributed by atoms with Gasteiger partial charge in [0.25, 0.3) is 5.91 Å². The van der Waals surface area contributed by atoms with E-state index in [9.17, 15) is 9.59 Å². The van der Waals surface area contributed by atoms with Crippen molar-refractivity contribution >= 4 is 28.7 Å². The van der Waals surface area contributed by atoms with Crippen molar-refractivity contribution in [1.82, 2.24) is 19.9 Å². The predicted octanol–water partition coefficient (Wildman–Crippen LogP) is 3.26. The highest BCUT2D eigenvalue weighted by molar-refractivity contribution is 6.06. The van der Waals surface area contributed by atoms with Gasteiger partial charge in [-0.1, -0.05) is 36.4 Å². The number of piperazine rings is 1. The molecule has 1 aliphatic heterocycles. The fraction of sp³-hybridized carbons (Fsp3) is 0.200. The molecule has 4 aromatic rings. The standard InChI is InChI=1S/C25H24N6O2/c1-17(32)18-6-2-3-7-19(18)20-16-27-31-13-10-22(28-24(20)31)25(33)29-21-8-4-5-9-23(21)30-14-11-26-12-15-30/h2-10,13,16,26H,11-12,14-15H2,1H3,(H,29,33). The second-order valence-electron chi connectivity index (χ2n) is 7.95. The summed E-state index contributed by atoms with van der Waals surface area (Å²) in [4.78, 5) is 32.1. The normalized spacial score (nSPS) is 13.8. The van der Waals surface area contributed by atoms with Gasteiger partial charge in [-0.25, -0.2) is 9.50 Å². The van der Waals surface area contributed by atoms with E-state index in [0.717, 1.165) is 43.1 Å². The summed E-state index contributed by atoms with van der Waals surface area (Å²) in [6, 6.07) is 16.8. The summed E-state index contributed by atoms with van der Waals surface area (Å²) in [5.74, 6) is -0.338. The van der Waals surface area contributed by atoms with Gasteiger partial charge < -0.3 is 15.5 Å². The zero-order chi connectivity index (χ0) is 22.8. The molecule has 33 heavy (non-hydrogen) atoms. The summed E-state index contributed by atoms with van der Waals surface area (Å²) in [5, 5.41) is 10.7. The van der Waals surface area contributed by atoms with Gasteiger partial charge in [0.15, 0.2) is 11.4 Å². The Labute approximate surface area is 191 Å². The van der Waals surface area contributed by atoms with Gasteiger partial charge >= 0.3 is 0 Å². The van der Waals surface area contributed by atoms with E-state index in [1.165, 1.54) is 6.92 Å². The third-order valence-electron chi connectivity index (χ3n) is 5.81. The van der Waals surface area contributed by atoms with E-state index in [1.807, 2.05) is 42.5 Å². The van der Waals surface area contributed by atoms with E-state index in [1.54, 1.807) is 29.0 Å². The summed E-state index contributed by atoms with van der Waals surface area (Å²) in [7, 11) is 0. The van der Waals surface area contributed by atoms with E-state index in [4.69, 9.17) is 0 Å². The number of nitrogens with one attached hydrogen (secondary N) is 2. The van der Waals surface area contributed by atoms with Gasteiger partial charge in [0.1, 0.15) is 5.69 Å². The van der Waals surface area contributed by atoms with E-state index < -0.39 is 0 Å². The van der Waals surface area contributed by atoms with Crippen molar-refractivity contribution < 1.29 is 9.59 Å². The number of nitrogens with zero attached hydrogens (tertiary/aromatic N) is 4. The Morgan fingerprint density at radius 3 is 2.55 bits per heavy atom. The monoisotopic (exact) mass is 440 g/mol. The van der Waals surface area contributed by atoms with Gasteiger partial charge in [-0.3, -0.25) is 9.59 Å². The van der Waals surface area contributed by atoms with Crippen LogP contribution in [0.1, 0.15) is 27.8 Å². The third-order valence-corrected chi connectivity index (χ3v) is 5.81. The van der Waals surface area contributed by atoms with E-state index in [2.05, 4.69) is 25.6 Å². The third kappa shape index (κ3) is 4.08. The first-order valence-corrected chi connectivity index (χ1v) is 10.9. The van der Waals surface area contributed by atoms with Crippen LogP contribution in [0.5, 0.6) is 0 Å². The zero-order valence-electron chi connectivity index (χ0n) is 18.3. The molecule has 0 unspecified atom stereocenters. The highest BCUT2D eigenvalue weighted by Gasteiger charge is 2.19. The number of fused-ring (bicyclic) bond motifs is 1. The molecular weight excluding hydrogens is 416 g/mol. The van der Waals surface area contributed by atoms with Crippen molar-refractivity contribution in [1.29, 1.82) is 0 Å². The predicted molar refractivity (Wildman–Crippen MR) is 128 cm³/mol. The zero-order valence-corrected chi connectivity index (χ0v) is 18.3. The van der Waals surface area contributed by atoms with Gasteiger partial charge in [-0.15, -0.1) is 0 Å². The molecule has 0 radical (unpaired) electrons. The molecule has 2 N–H and O–H groups in total. The number of benzene rings is 2. The quantitative estimate of drug-likeness (QED) is 0.463. The van der Waals surface area contributed by atoms with E-state index in [0.29, 0.717) is 16.8 Å². The summed E-state index contributed by atoms with van der Waals surface area (Å²) in [6.45, 7) is 5.11. The summed E-state index contributed by atoms with van der Waals surface area (Å²) < 4.78 is 1.61. The van der Waals surface area contributed by atoms with Crippen LogP contribution in [0.4, 0.5) is 11.4 Å². The highest BCUT2D eigenvalue weighted by Crippen LogP contribution is 2.28. The first kappa shape index (κ1) is 20.8. The second-order valence-corrected chi connectivity index (χ2v) is 7.95. The van der Waals surface area contributed by atoms with Crippen LogP contribution in [0.25, 0.3) is 16.8 Å². The van der Waals surface area contributed by atoms with Crippen molar-refractivity contribution in [2.75, 3.05) is 36.4 Å². The minimum Gasteiger partial charge on any atom is -0.367 e. The molecule has 1 amide bonds. The first-order chi connectivity index (χ1) is 16.1. The van der Waals surface area contributed by atoms with Crippen molar-refractivity contribution in [2.45, 2.75) is 6.92 Å². The molecule has 0 spiro atoms. The molecule has 8 nitrogen and oxygen atoms in total. The molecule has 0 bridgehead atoms. The van der Waals surface area contributed by atoms with Crippen LogP contribution in [0.2, 0.25) is 0 Å². The Bertz CT molecular complexity index is 1340. The lowest BCUT2D eigenvalue weighted by molar-refractivity contribution is 0.101.